The fourth-order valence-corrected chi connectivity index (χ4v) is 3.22. The summed E-state index contributed by atoms with van der Waals surface area (Å²) < 4.78 is 11.8. The number of hydrogen-bond donors (Lipinski definition) is 0. The highest BCUT2D eigenvalue weighted by Gasteiger charge is 2.35. The summed E-state index contributed by atoms with van der Waals surface area (Å²) in [6, 6.07) is 0. The minimum absolute atomic E-state index is 0.265. The molecule has 3 nitrogen and oxygen atoms in total. The average Bonchev–Trinajstić information content (AvgIpc) is 2.42. The Hall–Kier alpha value is -0.830. The molecule has 0 aliphatic heterocycles. The minimum atomic E-state index is -0.331. The fourth-order valence-electron chi connectivity index (χ4n) is 3.22. The summed E-state index contributed by atoms with van der Waals surface area (Å²) in [5.74, 6) is -0.265. The van der Waals surface area contributed by atoms with Gasteiger partial charge in [-0.2, -0.15) is 0 Å². The molecule has 0 aromatic carbocycles. The van der Waals surface area contributed by atoms with E-state index in [9.17, 15) is 4.79 Å². The van der Waals surface area contributed by atoms with Crippen molar-refractivity contribution in [3.05, 3.63) is 12.2 Å². The van der Waals surface area contributed by atoms with E-state index >= 15 is 0 Å². The summed E-state index contributed by atoms with van der Waals surface area (Å²) in [5, 5.41) is 0. The molecule has 0 spiro atoms. The van der Waals surface area contributed by atoms with Crippen LogP contribution in [0.3, 0.4) is 0 Å². The van der Waals surface area contributed by atoms with Crippen LogP contribution in [0.1, 0.15) is 71.6 Å². The van der Waals surface area contributed by atoms with Gasteiger partial charge in [-0.3, -0.25) is 0 Å². The third-order valence-electron chi connectivity index (χ3n) is 4.61. The smallest absolute Gasteiger partial charge is 0.333 e. The quantitative estimate of drug-likeness (QED) is 0.573. The topological polar surface area (TPSA) is 35.5 Å². The van der Waals surface area contributed by atoms with E-state index in [1.807, 2.05) is 6.92 Å². The predicted molar refractivity (Wildman–Crippen MR) is 79.5 cm³/mol. The van der Waals surface area contributed by atoms with E-state index in [1.165, 1.54) is 32.1 Å². The number of carbonyl (C=O) groups excluding carboxylic acids is 1. The lowest BCUT2D eigenvalue weighted by molar-refractivity contribution is -0.161. The SMILES string of the molecule is C=C(C)C(=O)OC1(C)CCC(OC2CCCCC2)CC1. The van der Waals surface area contributed by atoms with Crippen LogP contribution >= 0.6 is 0 Å². The van der Waals surface area contributed by atoms with Gasteiger partial charge < -0.3 is 9.47 Å². The number of rotatable bonds is 4. The summed E-state index contributed by atoms with van der Waals surface area (Å²) in [4.78, 5) is 11.7. The van der Waals surface area contributed by atoms with Gasteiger partial charge >= 0.3 is 5.97 Å². The van der Waals surface area contributed by atoms with Gasteiger partial charge in [0.2, 0.25) is 0 Å². The Bertz CT molecular complexity index is 347. The number of esters is 1. The number of carbonyl (C=O) groups is 1. The molecule has 2 saturated carbocycles. The highest BCUT2D eigenvalue weighted by molar-refractivity contribution is 5.87. The second-order valence-electron chi connectivity index (χ2n) is 6.72. The summed E-state index contributed by atoms with van der Waals surface area (Å²) in [7, 11) is 0. The molecule has 3 heteroatoms. The van der Waals surface area contributed by atoms with Crippen molar-refractivity contribution in [3.8, 4) is 0 Å². The van der Waals surface area contributed by atoms with Gasteiger partial charge in [0, 0.05) is 5.57 Å². The molecule has 20 heavy (non-hydrogen) atoms. The molecule has 2 aliphatic rings. The second kappa shape index (κ2) is 6.75. The molecule has 0 aromatic rings. The van der Waals surface area contributed by atoms with Gasteiger partial charge in [0.25, 0.3) is 0 Å². The van der Waals surface area contributed by atoms with E-state index in [1.54, 1.807) is 6.92 Å². The first-order valence-electron chi connectivity index (χ1n) is 8.03. The van der Waals surface area contributed by atoms with Crippen LogP contribution in [0.25, 0.3) is 0 Å². The van der Waals surface area contributed by atoms with Crippen LogP contribution in [0.4, 0.5) is 0 Å². The maximum atomic E-state index is 11.7. The van der Waals surface area contributed by atoms with Crippen LogP contribution in [-0.2, 0) is 14.3 Å². The van der Waals surface area contributed by atoms with Crippen LogP contribution in [0.15, 0.2) is 12.2 Å². The molecular formula is C17H28O3. The average molecular weight is 280 g/mol. The van der Waals surface area contributed by atoms with Crippen molar-refractivity contribution >= 4 is 5.97 Å². The Kier molecular flexibility index (Phi) is 5.25. The van der Waals surface area contributed by atoms with Gasteiger partial charge in [-0.1, -0.05) is 25.8 Å². The van der Waals surface area contributed by atoms with Gasteiger partial charge in [0.1, 0.15) is 5.60 Å². The number of ether oxygens (including phenoxy) is 2. The van der Waals surface area contributed by atoms with Crippen LogP contribution in [0, 0.1) is 0 Å². The van der Waals surface area contributed by atoms with Crippen molar-refractivity contribution in [2.75, 3.05) is 0 Å². The first-order valence-corrected chi connectivity index (χ1v) is 8.03. The van der Waals surface area contributed by atoms with Gasteiger partial charge in [-0.25, -0.2) is 4.79 Å². The van der Waals surface area contributed by atoms with Crippen molar-refractivity contribution in [1.82, 2.24) is 0 Å². The van der Waals surface area contributed by atoms with E-state index in [4.69, 9.17) is 9.47 Å². The predicted octanol–water partition coefficient (Wildman–Crippen LogP) is 4.16. The molecule has 0 aromatic heterocycles. The van der Waals surface area contributed by atoms with Gasteiger partial charge in [-0.05, 0) is 52.4 Å². The van der Waals surface area contributed by atoms with E-state index < -0.39 is 0 Å². The highest BCUT2D eigenvalue weighted by Crippen LogP contribution is 2.35. The van der Waals surface area contributed by atoms with Crippen molar-refractivity contribution in [3.63, 3.8) is 0 Å². The molecule has 0 heterocycles. The Labute approximate surface area is 122 Å². The zero-order valence-electron chi connectivity index (χ0n) is 13.0. The van der Waals surface area contributed by atoms with Gasteiger partial charge in [0.05, 0.1) is 12.2 Å². The van der Waals surface area contributed by atoms with E-state index in [0.717, 1.165) is 25.7 Å². The second-order valence-corrected chi connectivity index (χ2v) is 6.72. The molecule has 2 fully saturated rings. The summed E-state index contributed by atoms with van der Waals surface area (Å²) in [6.45, 7) is 7.38. The van der Waals surface area contributed by atoms with Gasteiger partial charge in [0.15, 0.2) is 0 Å². The molecule has 2 aliphatic carbocycles. The van der Waals surface area contributed by atoms with Crippen molar-refractivity contribution in [2.24, 2.45) is 0 Å². The molecule has 0 unspecified atom stereocenters. The Morgan fingerprint density at radius 3 is 2.15 bits per heavy atom. The standard InChI is InChI=1S/C17H28O3/c1-13(2)16(18)20-17(3)11-9-15(10-12-17)19-14-7-5-4-6-8-14/h14-15H,1,4-12H2,2-3H3. The maximum absolute atomic E-state index is 11.7. The molecule has 0 N–H and O–H groups in total. The molecule has 0 saturated heterocycles. The fraction of sp³-hybridized carbons (Fsp3) is 0.824. The molecule has 0 amide bonds. The monoisotopic (exact) mass is 280 g/mol. The van der Waals surface area contributed by atoms with E-state index in [0.29, 0.717) is 17.8 Å². The third kappa shape index (κ3) is 4.34. The summed E-state index contributed by atoms with van der Waals surface area (Å²) in [5.41, 5.74) is 0.148. The number of hydrogen-bond acceptors (Lipinski definition) is 3. The molecule has 0 atom stereocenters. The molecule has 0 bridgehead atoms. The van der Waals surface area contributed by atoms with Crippen molar-refractivity contribution in [2.45, 2.75) is 89.4 Å². The molecule has 0 radical (unpaired) electrons. The third-order valence-corrected chi connectivity index (χ3v) is 4.61. The minimum Gasteiger partial charge on any atom is -0.456 e. The van der Waals surface area contributed by atoms with Gasteiger partial charge in [-0.15, -0.1) is 0 Å². The molecule has 2 rings (SSSR count). The lowest BCUT2D eigenvalue weighted by Gasteiger charge is -2.38. The van der Waals surface area contributed by atoms with Crippen molar-refractivity contribution in [1.29, 1.82) is 0 Å². The molecular weight excluding hydrogens is 252 g/mol. The Morgan fingerprint density at radius 1 is 1.05 bits per heavy atom. The van der Waals surface area contributed by atoms with Crippen LogP contribution in [0.5, 0.6) is 0 Å². The lowest BCUT2D eigenvalue weighted by atomic mass is 9.84. The first-order chi connectivity index (χ1) is 9.48. The van der Waals surface area contributed by atoms with Crippen LogP contribution in [-0.4, -0.2) is 23.8 Å². The largest absolute Gasteiger partial charge is 0.456 e. The normalized spacial score (nSPS) is 31.8. The lowest BCUT2D eigenvalue weighted by Crippen LogP contribution is -2.39. The Balaban J connectivity index is 1.76. The highest BCUT2D eigenvalue weighted by atomic mass is 16.6. The van der Waals surface area contributed by atoms with E-state index in [-0.39, 0.29) is 11.6 Å². The maximum Gasteiger partial charge on any atom is 0.333 e. The van der Waals surface area contributed by atoms with Crippen LogP contribution < -0.4 is 0 Å². The zero-order chi connectivity index (χ0) is 14.6. The summed E-state index contributed by atoms with van der Waals surface area (Å²) in [6.07, 6.45) is 11.0. The Morgan fingerprint density at radius 2 is 1.60 bits per heavy atom. The van der Waals surface area contributed by atoms with Crippen molar-refractivity contribution < 1.29 is 14.3 Å². The first kappa shape index (κ1) is 15.6. The van der Waals surface area contributed by atoms with E-state index in [2.05, 4.69) is 6.58 Å². The zero-order valence-corrected chi connectivity index (χ0v) is 13.0. The van der Waals surface area contributed by atoms with Crippen LogP contribution in [0.2, 0.25) is 0 Å². The summed E-state index contributed by atoms with van der Waals surface area (Å²) >= 11 is 0. The molecule has 114 valence electrons.